The lowest BCUT2D eigenvalue weighted by Crippen LogP contribution is -2.40. The summed E-state index contributed by atoms with van der Waals surface area (Å²) in [6.07, 6.45) is -14.2. The first kappa shape index (κ1) is 54.5. The van der Waals surface area contributed by atoms with Gasteiger partial charge in [-0.15, -0.1) is 0 Å². The number of nitrogens with one attached hydrogen (secondary N) is 1. The van der Waals surface area contributed by atoms with Crippen molar-refractivity contribution in [2.24, 2.45) is 5.92 Å². The van der Waals surface area contributed by atoms with Crippen LogP contribution in [-0.4, -0.2) is 94.1 Å². The van der Waals surface area contributed by atoms with E-state index in [-0.39, 0.29) is 49.8 Å². The normalized spacial score (nSPS) is 17.9. The predicted octanol–water partition coefficient (Wildman–Crippen LogP) is 8.01. The number of aromatic nitrogens is 5. The zero-order chi connectivity index (χ0) is 54.3. The summed E-state index contributed by atoms with van der Waals surface area (Å²) in [5, 5.41) is 19.5. The summed E-state index contributed by atoms with van der Waals surface area (Å²) >= 11 is 0. The molecule has 7 rings (SSSR count). The van der Waals surface area contributed by atoms with E-state index >= 15 is 8.78 Å². The zero-order valence-corrected chi connectivity index (χ0v) is 41.2. The van der Waals surface area contributed by atoms with Gasteiger partial charge >= 0.3 is 18.4 Å². The Labute approximate surface area is 410 Å². The van der Waals surface area contributed by atoms with Crippen LogP contribution in [0.3, 0.4) is 0 Å². The van der Waals surface area contributed by atoms with E-state index in [9.17, 15) is 66.7 Å². The molecule has 1 fully saturated rings. The number of amides is 2. The number of pyridine rings is 1. The average molecular weight is 1080 g/mol. The number of hydrogen-bond donors (Lipinski definition) is 2. The second-order valence-corrected chi connectivity index (χ2v) is 22.9. The minimum Gasteiger partial charge on any atom is -0.443 e. The van der Waals surface area contributed by atoms with Crippen molar-refractivity contribution in [3.63, 3.8) is 0 Å². The number of nitrogens with zero attached hydrogens (tertiary/aromatic N) is 6. The first-order chi connectivity index (χ1) is 33.5. The van der Waals surface area contributed by atoms with Crippen LogP contribution in [-0.2, 0) is 61.0 Å². The molecule has 73 heavy (non-hydrogen) atoms. The van der Waals surface area contributed by atoms with Crippen molar-refractivity contribution in [1.82, 2.24) is 29.9 Å². The standard InChI is InChI=1S/C46H45F10N7O8S2/c1-22-8-10-30(38-35(22)41(60-62(38)21-44(49,50)51)63(73(7,69)70)42(66)71-24(3)23(2)64)29-11-9-28(14-15-43(4,5)72(6,67)68)57-37(29)33(18-25-16-26(47)19-27(48)17-25)58-34(65)20-61-40-36(39(59-61)46(54,55)56)31-12-13-32(31)45(40,52)53/h8-11,16-17,19,23-24,31-33,64H,12-13,18,20-21H2,1-7H3,(H,58,65)/t23-,24-,31-,32+,33-/m0/s1. The second-order valence-electron chi connectivity index (χ2n) is 18.6. The van der Waals surface area contributed by atoms with E-state index in [1.165, 1.54) is 58.9 Å². The molecular formula is C46H45F10N7O8S2. The van der Waals surface area contributed by atoms with Gasteiger partial charge in [-0.3, -0.25) is 14.2 Å². The Balaban J connectivity index is 1.49. The van der Waals surface area contributed by atoms with Crippen molar-refractivity contribution in [1.29, 1.82) is 0 Å². The molecule has 2 aliphatic carbocycles. The van der Waals surface area contributed by atoms with Crippen molar-refractivity contribution < 1.29 is 80.2 Å². The van der Waals surface area contributed by atoms with Gasteiger partial charge in [0, 0.05) is 40.3 Å². The second kappa shape index (κ2) is 18.9. The number of alkyl halides is 8. The number of aryl methyl sites for hydroxylation is 1. The van der Waals surface area contributed by atoms with E-state index in [4.69, 9.17) is 4.74 Å². The molecule has 0 unspecified atom stereocenters. The van der Waals surface area contributed by atoms with Crippen LogP contribution in [0.5, 0.6) is 0 Å². The Morgan fingerprint density at radius 2 is 1.58 bits per heavy atom. The lowest BCUT2D eigenvalue weighted by molar-refractivity contribution is -0.144. The number of aliphatic hydroxyl groups is 1. The number of aliphatic hydroxyl groups excluding tert-OH is 1. The quantitative estimate of drug-likeness (QED) is 0.0857. The van der Waals surface area contributed by atoms with Gasteiger partial charge in [-0.1, -0.05) is 18.1 Å². The molecule has 0 bridgehead atoms. The maximum Gasteiger partial charge on any atom is 0.435 e. The molecule has 0 radical (unpaired) electrons. The summed E-state index contributed by atoms with van der Waals surface area (Å²) in [7, 11) is -8.74. The molecule has 3 aromatic heterocycles. The zero-order valence-electron chi connectivity index (χ0n) is 39.5. The topological polar surface area (TPSA) is 196 Å². The molecule has 394 valence electrons. The molecule has 0 aliphatic heterocycles. The minimum atomic E-state index is -5.23. The van der Waals surface area contributed by atoms with Gasteiger partial charge in [0.25, 0.3) is 5.92 Å². The number of carbonyl (C=O) groups is 2. The summed E-state index contributed by atoms with van der Waals surface area (Å²) in [4.78, 5) is 32.4. The van der Waals surface area contributed by atoms with Crippen LogP contribution in [0.25, 0.3) is 22.0 Å². The van der Waals surface area contributed by atoms with Crippen LogP contribution >= 0.6 is 0 Å². The van der Waals surface area contributed by atoms with Gasteiger partial charge in [-0.05, 0) is 101 Å². The Morgan fingerprint density at radius 3 is 2.12 bits per heavy atom. The third-order valence-corrected chi connectivity index (χ3v) is 15.6. The SMILES string of the molecule is Cc1ccc(-c2ccc(C#CC(C)(C)S(C)(=O)=O)nc2[C@H](Cc2cc(F)cc(F)c2)NC(=O)Cn2nc(C(F)(F)F)c3c2C(F)(F)[C@@H]2CC[C@H]32)c2c1c(N(C(=O)O[C@@H](C)[C@H](C)O)S(C)(=O)=O)nn2CC(F)(F)F. The number of carbonyl (C=O) groups excluding carboxylic acids is 2. The van der Waals surface area contributed by atoms with Crippen LogP contribution in [0.15, 0.2) is 42.5 Å². The summed E-state index contributed by atoms with van der Waals surface area (Å²) in [6, 6.07) is 5.19. The van der Waals surface area contributed by atoms with E-state index in [2.05, 4.69) is 32.3 Å². The van der Waals surface area contributed by atoms with E-state index in [0.717, 1.165) is 18.4 Å². The van der Waals surface area contributed by atoms with Gasteiger partial charge in [0.15, 0.2) is 21.3 Å². The molecule has 15 nitrogen and oxygen atoms in total. The van der Waals surface area contributed by atoms with Crippen LogP contribution in [0, 0.1) is 36.3 Å². The molecule has 5 aromatic rings. The monoisotopic (exact) mass is 1080 g/mol. The van der Waals surface area contributed by atoms with E-state index in [1.807, 2.05) is 0 Å². The van der Waals surface area contributed by atoms with E-state index < -0.39 is 155 Å². The summed E-state index contributed by atoms with van der Waals surface area (Å²) in [6.45, 7) is 2.98. The molecule has 2 aromatic carbocycles. The Bertz CT molecular complexity index is 3320. The van der Waals surface area contributed by atoms with E-state index in [1.54, 1.807) is 0 Å². The van der Waals surface area contributed by atoms with Crippen molar-refractivity contribution >= 4 is 48.6 Å². The first-order valence-electron chi connectivity index (χ1n) is 22.0. The molecule has 1 saturated carbocycles. The average Bonchev–Trinajstić information content (AvgIpc) is 3.81. The maximum atomic E-state index is 15.8. The number of halogens is 10. The fourth-order valence-electron chi connectivity index (χ4n) is 8.64. The molecular weight excluding hydrogens is 1030 g/mol. The third kappa shape index (κ3) is 10.9. The lowest BCUT2D eigenvalue weighted by atomic mass is 9.73. The molecule has 2 amide bonds. The Kier molecular flexibility index (Phi) is 14.1. The van der Waals surface area contributed by atoms with Gasteiger partial charge in [0.2, 0.25) is 15.9 Å². The highest BCUT2D eigenvalue weighted by molar-refractivity contribution is 7.93. The van der Waals surface area contributed by atoms with Crippen LogP contribution in [0.1, 0.15) is 92.0 Å². The van der Waals surface area contributed by atoms with Gasteiger partial charge in [-0.2, -0.15) is 49.6 Å². The van der Waals surface area contributed by atoms with Crippen LogP contribution < -0.4 is 9.62 Å². The molecule has 2 aliphatic rings. The van der Waals surface area contributed by atoms with Crippen LogP contribution in [0.4, 0.5) is 54.5 Å². The molecule has 27 heteroatoms. The summed E-state index contributed by atoms with van der Waals surface area (Å²) in [5.41, 5.74) is -5.60. The highest BCUT2D eigenvalue weighted by Gasteiger charge is 2.63. The number of fused-ring (bicyclic) bond motifs is 4. The maximum absolute atomic E-state index is 15.8. The molecule has 0 spiro atoms. The molecule has 0 saturated heterocycles. The van der Waals surface area contributed by atoms with Gasteiger partial charge in [0.1, 0.15) is 47.0 Å². The van der Waals surface area contributed by atoms with Gasteiger partial charge in [0.05, 0.1) is 29.6 Å². The van der Waals surface area contributed by atoms with Crippen molar-refractivity contribution in [2.75, 3.05) is 16.8 Å². The number of hydrogen-bond acceptors (Lipinski definition) is 11. The number of benzene rings is 2. The van der Waals surface area contributed by atoms with Crippen molar-refractivity contribution in [3.8, 4) is 23.0 Å². The highest BCUT2D eigenvalue weighted by atomic mass is 32.2. The van der Waals surface area contributed by atoms with Crippen molar-refractivity contribution in [2.45, 2.75) is 114 Å². The predicted molar refractivity (Wildman–Crippen MR) is 242 cm³/mol. The number of rotatable bonds is 13. The fourth-order valence-corrected chi connectivity index (χ4v) is 9.64. The number of ether oxygens (including phenoxy) is 1. The Morgan fingerprint density at radius 1 is 0.945 bits per heavy atom. The summed E-state index contributed by atoms with van der Waals surface area (Å²) < 4.78 is 204. The largest absolute Gasteiger partial charge is 0.443 e. The van der Waals surface area contributed by atoms with E-state index in [0.29, 0.717) is 17.0 Å². The highest BCUT2D eigenvalue weighted by Crippen LogP contribution is 2.64. The lowest BCUT2D eigenvalue weighted by Gasteiger charge is -2.34. The molecule has 2 N–H and O–H groups in total. The summed E-state index contributed by atoms with van der Waals surface area (Å²) in [5.74, 6) is -5.95. The van der Waals surface area contributed by atoms with Gasteiger partial charge < -0.3 is 15.2 Å². The first-order valence-corrected chi connectivity index (χ1v) is 25.7. The third-order valence-electron chi connectivity index (χ3n) is 12.7. The molecule has 5 atom stereocenters. The van der Waals surface area contributed by atoms with Crippen molar-refractivity contribution in [3.05, 3.63) is 93.6 Å². The Hall–Kier alpha value is -6.27. The van der Waals surface area contributed by atoms with Gasteiger partial charge in [-0.25, -0.2) is 35.4 Å². The molecule has 3 heterocycles. The number of sulfone groups is 1. The number of anilines is 1. The smallest absolute Gasteiger partial charge is 0.435 e. The van der Waals surface area contributed by atoms with Crippen LogP contribution in [0.2, 0.25) is 0 Å². The minimum absolute atomic E-state index is 0.0102. The number of sulfonamides is 1. The fraction of sp³-hybridized carbons (Fsp3) is 0.457.